The van der Waals surface area contributed by atoms with Crippen LogP contribution in [-0.2, 0) is 11.2 Å². The molecular weight excluding hydrogens is 473 g/mol. The highest BCUT2D eigenvalue weighted by Crippen LogP contribution is 2.35. The third kappa shape index (κ3) is 6.77. The molecular formula is C23H23F3N2O5S. The summed E-state index contributed by atoms with van der Waals surface area (Å²) in [7, 11) is 4.46. The average molecular weight is 497 g/mol. The molecule has 0 saturated carbocycles. The zero-order valence-electron chi connectivity index (χ0n) is 18.7. The first-order chi connectivity index (χ1) is 16.2. The first-order valence-electron chi connectivity index (χ1n) is 10.1. The molecule has 3 aromatic rings. The Hall–Kier alpha value is -3.47. The Balaban J connectivity index is 1.61. The number of halogens is 3. The van der Waals surface area contributed by atoms with Gasteiger partial charge in [-0.15, -0.1) is 11.3 Å². The van der Waals surface area contributed by atoms with Crippen molar-refractivity contribution >= 4 is 22.4 Å². The van der Waals surface area contributed by atoms with E-state index in [1.54, 1.807) is 49.9 Å². The van der Waals surface area contributed by atoms with E-state index < -0.39 is 12.8 Å². The highest BCUT2D eigenvalue weighted by molar-refractivity contribution is 7.14. The van der Waals surface area contributed by atoms with Crippen LogP contribution >= 0.6 is 11.3 Å². The van der Waals surface area contributed by atoms with Gasteiger partial charge in [0.2, 0.25) is 5.91 Å². The van der Waals surface area contributed by atoms with E-state index in [4.69, 9.17) is 18.9 Å². The number of hydrogen-bond acceptors (Lipinski definition) is 7. The van der Waals surface area contributed by atoms with Crippen LogP contribution in [0.25, 0.3) is 11.3 Å². The Morgan fingerprint density at radius 3 is 2.41 bits per heavy atom. The Morgan fingerprint density at radius 2 is 1.74 bits per heavy atom. The molecule has 0 saturated heterocycles. The smallest absolute Gasteiger partial charge is 0.422 e. The summed E-state index contributed by atoms with van der Waals surface area (Å²) in [5, 5.41) is 4.99. The van der Waals surface area contributed by atoms with Crippen molar-refractivity contribution in [3.05, 3.63) is 47.3 Å². The van der Waals surface area contributed by atoms with E-state index >= 15 is 0 Å². The molecule has 0 spiro atoms. The van der Waals surface area contributed by atoms with Crippen LogP contribution < -0.4 is 24.3 Å². The summed E-state index contributed by atoms with van der Waals surface area (Å²) in [4.78, 5) is 16.9. The number of aryl methyl sites for hydroxylation is 1. The summed E-state index contributed by atoms with van der Waals surface area (Å²) in [6.07, 6.45) is -3.96. The minimum atomic E-state index is -4.45. The maximum absolute atomic E-state index is 12.4. The van der Waals surface area contributed by atoms with Gasteiger partial charge < -0.3 is 24.3 Å². The second kappa shape index (κ2) is 11.1. The first kappa shape index (κ1) is 25.2. The maximum Gasteiger partial charge on any atom is 0.422 e. The van der Waals surface area contributed by atoms with Gasteiger partial charge in [0.25, 0.3) is 0 Å². The number of methoxy groups -OCH3 is 3. The number of carbonyl (C=O) groups is 1. The summed E-state index contributed by atoms with van der Waals surface area (Å²) < 4.78 is 57.7. The topological polar surface area (TPSA) is 78.9 Å². The van der Waals surface area contributed by atoms with E-state index in [1.165, 1.54) is 24.5 Å². The minimum absolute atomic E-state index is 0.0173. The van der Waals surface area contributed by atoms with Crippen LogP contribution in [0, 0.1) is 0 Å². The molecule has 34 heavy (non-hydrogen) atoms. The van der Waals surface area contributed by atoms with Crippen LogP contribution in [0.1, 0.15) is 12.0 Å². The third-order valence-corrected chi connectivity index (χ3v) is 5.45. The van der Waals surface area contributed by atoms with Gasteiger partial charge in [-0.1, -0.05) is 6.07 Å². The summed E-state index contributed by atoms with van der Waals surface area (Å²) >= 11 is 1.27. The lowest BCUT2D eigenvalue weighted by molar-refractivity contribution is -0.153. The van der Waals surface area contributed by atoms with E-state index in [9.17, 15) is 18.0 Å². The van der Waals surface area contributed by atoms with Crippen molar-refractivity contribution in [1.29, 1.82) is 0 Å². The SMILES string of the molecule is COc1ccc(OC)c(-c2csc(NC(=O)CCc3ccc(OCC(F)(F)F)c(OC)c3)n2)c1. The van der Waals surface area contributed by atoms with Gasteiger partial charge in [-0.2, -0.15) is 13.2 Å². The molecule has 1 heterocycles. The number of rotatable bonds is 10. The first-order valence-corrected chi connectivity index (χ1v) is 10.9. The number of thiazole rings is 1. The van der Waals surface area contributed by atoms with Crippen LogP contribution in [0.3, 0.4) is 0 Å². The lowest BCUT2D eigenvalue weighted by Crippen LogP contribution is -2.19. The zero-order chi connectivity index (χ0) is 24.7. The van der Waals surface area contributed by atoms with Crippen molar-refractivity contribution in [2.24, 2.45) is 0 Å². The molecule has 0 radical (unpaired) electrons. The molecule has 3 rings (SSSR count). The van der Waals surface area contributed by atoms with E-state index in [1.807, 2.05) is 0 Å². The van der Waals surface area contributed by atoms with E-state index in [0.29, 0.717) is 34.3 Å². The highest BCUT2D eigenvalue weighted by atomic mass is 32.1. The van der Waals surface area contributed by atoms with Crippen LogP contribution in [0.5, 0.6) is 23.0 Å². The summed E-state index contributed by atoms with van der Waals surface area (Å²) in [5.74, 6) is 1.17. The van der Waals surface area contributed by atoms with Crippen LogP contribution in [-0.4, -0.2) is 45.0 Å². The summed E-state index contributed by atoms with van der Waals surface area (Å²) in [6.45, 7) is -1.41. The number of hydrogen-bond donors (Lipinski definition) is 1. The molecule has 0 aliphatic heterocycles. The van der Waals surface area contributed by atoms with Crippen LogP contribution in [0.2, 0.25) is 0 Å². The third-order valence-electron chi connectivity index (χ3n) is 4.69. The van der Waals surface area contributed by atoms with Crippen LogP contribution in [0.4, 0.5) is 18.3 Å². The van der Waals surface area contributed by atoms with E-state index in [2.05, 4.69) is 10.3 Å². The van der Waals surface area contributed by atoms with Crippen molar-refractivity contribution < 1.29 is 36.9 Å². The number of alkyl halides is 3. The molecule has 182 valence electrons. The minimum Gasteiger partial charge on any atom is -0.497 e. The molecule has 11 heteroatoms. The number of anilines is 1. The lowest BCUT2D eigenvalue weighted by Gasteiger charge is -2.13. The Morgan fingerprint density at radius 1 is 1.00 bits per heavy atom. The van der Waals surface area contributed by atoms with Gasteiger partial charge in [-0.05, 0) is 42.3 Å². The number of amides is 1. The molecule has 0 unspecified atom stereocenters. The van der Waals surface area contributed by atoms with Gasteiger partial charge in [0.1, 0.15) is 11.5 Å². The number of nitrogens with one attached hydrogen (secondary N) is 1. The van der Waals surface area contributed by atoms with Gasteiger partial charge >= 0.3 is 6.18 Å². The quantitative estimate of drug-likeness (QED) is 0.408. The second-order valence-corrected chi connectivity index (χ2v) is 7.90. The highest BCUT2D eigenvalue weighted by Gasteiger charge is 2.29. The molecule has 1 aromatic heterocycles. The molecule has 7 nitrogen and oxygen atoms in total. The molecule has 0 aliphatic carbocycles. The predicted molar refractivity (Wildman–Crippen MR) is 122 cm³/mol. The van der Waals surface area contributed by atoms with Crippen LogP contribution in [0.15, 0.2) is 41.8 Å². The lowest BCUT2D eigenvalue weighted by atomic mass is 10.1. The number of nitrogens with zero attached hydrogens (tertiary/aromatic N) is 1. The van der Waals surface area contributed by atoms with Gasteiger partial charge in [-0.3, -0.25) is 4.79 Å². The maximum atomic E-state index is 12.4. The van der Waals surface area contributed by atoms with Crippen molar-refractivity contribution in [2.75, 3.05) is 33.3 Å². The molecule has 2 aromatic carbocycles. The van der Waals surface area contributed by atoms with Crippen molar-refractivity contribution in [3.63, 3.8) is 0 Å². The fraction of sp³-hybridized carbons (Fsp3) is 0.304. The monoisotopic (exact) mass is 496 g/mol. The number of ether oxygens (including phenoxy) is 4. The normalized spacial score (nSPS) is 11.1. The second-order valence-electron chi connectivity index (χ2n) is 7.04. The largest absolute Gasteiger partial charge is 0.497 e. The number of aromatic nitrogens is 1. The number of benzene rings is 2. The fourth-order valence-corrected chi connectivity index (χ4v) is 3.78. The van der Waals surface area contributed by atoms with Gasteiger partial charge in [0.15, 0.2) is 23.2 Å². The Kier molecular flexibility index (Phi) is 8.21. The van der Waals surface area contributed by atoms with E-state index in [0.717, 1.165) is 5.56 Å². The zero-order valence-corrected chi connectivity index (χ0v) is 19.5. The standard InChI is InChI=1S/C23H23F3N2O5S/c1-30-15-6-8-18(31-2)16(11-15)17-12-34-22(27-17)28-21(29)9-5-14-4-7-19(20(10-14)32-3)33-13-23(24,25)26/h4,6-8,10-12H,5,9,13H2,1-3H3,(H,27,28,29). The molecule has 0 aliphatic rings. The van der Waals surface area contributed by atoms with E-state index in [-0.39, 0.29) is 23.8 Å². The molecule has 1 N–H and O–H groups in total. The predicted octanol–water partition coefficient (Wildman–Crippen LogP) is 5.35. The molecule has 0 fully saturated rings. The summed E-state index contributed by atoms with van der Waals surface area (Å²) in [5.41, 5.74) is 2.08. The fourth-order valence-electron chi connectivity index (χ4n) is 3.06. The average Bonchev–Trinajstić information content (AvgIpc) is 3.28. The summed E-state index contributed by atoms with van der Waals surface area (Å²) in [6, 6.07) is 9.90. The van der Waals surface area contributed by atoms with Crippen molar-refractivity contribution in [2.45, 2.75) is 19.0 Å². The van der Waals surface area contributed by atoms with Gasteiger partial charge in [0.05, 0.1) is 27.0 Å². The molecule has 0 atom stereocenters. The molecule has 0 bridgehead atoms. The molecule has 1 amide bonds. The van der Waals surface area contributed by atoms with Crippen molar-refractivity contribution in [3.8, 4) is 34.3 Å². The van der Waals surface area contributed by atoms with Crippen molar-refractivity contribution in [1.82, 2.24) is 4.98 Å². The van der Waals surface area contributed by atoms with Gasteiger partial charge in [0, 0.05) is 17.4 Å². The Labute approximate surface area is 198 Å². The van der Waals surface area contributed by atoms with Gasteiger partial charge in [-0.25, -0.2) is 4.98 Å². The Bertz CT molecular complexity index is 1130. The number of carbonyl (C=O) groups excluding carboxylic acids is 1.